The Bertz CT molecular complexity index is 757. The Hall–Kier alpha value is -2.73. The highest BCUT2D eigenvalue weighted by atomic mass is 14.7. The summed E-state index contributed by atoms with van der Waals surface area (Å²) in [5.74, 6) is 0. The fourth-order valence-corrected chi connectivity index (χ4v) is 1.87. The van der Waals surface area contributed by atoms with Gasteiger partial charge in [-0.05, 0) is 24.3 Å². The van der Waals surface area contributed by atoms with Gasteiger partial charge < -0.3 is 0 Å². The predicted octanol–water partition coefficient (Wildman–Crippen LogP) is 3.17. The normalized spacial score (nSPS) is 10.2. The van der Waals surface area contributed by atoms with Crippen molar-refractivity contribution in [3.63, 3.8) is 0 Å². The largest absolute Gasteiger partial charge is 0.256 e. The van der Waals surface area contributed by atoms with E-state index in [9.17, 15) is 0 Å². The van der Waals surface area contributed by atoms with Gasteiger partial charge in [0.1, 0.15) is 11.8 Å². The van der Waals surface area contributed by atoms with Crippen molar-refractivity contribution in [2.45, 2.75) is 0 Å². The minimum Gasteiger partial charge on any atom is -0.256 e. The number of pyridine rings is 2. The Balaban J connectivity index is 2.16. The van der Waals surface area contributed by atoms with Gasteiger partial charge in [-0.1, -0.05) is 24.3 Å². The van der Waals surface area contributed by atoms with E-state index in [2.05, 4.69) is 9.97 Å². The first-order valence-electron chi connectivity index (χ1n) is 5.59. The van der Waals surface area contributed by atoms with E-state index in [0.717, 1.165) is 22.2 Å². The van der Waals surface area contributed by atoms with Gasteiger partial charge in [-0.15, -0.1) is 0 Å². The summed E-state index contributed by atoms with van der Waals surface area (Å²) in [6.07, 6.45) is 1.78. The average Bonchev–Trinajstić information content (AvgIpc) is 2.47. The molecular formula is C15H9N3. The van der Waals surface area contributed by atoms with Crippen LogP contribution >= 0.6 is 0 Å². The molecule has 0 unspecified atom stereocenters. The molecule has 0 saturated carbocycles. The predicted molar refractivity (Wildman–Crippen MR) is 69.7 cm³/mol. The summed E-state index contributed by atoms with van der Waals surface area (Å²) < 4.78 is 0. The van der Waals surface area contributed by atoms with Crippen LogP contribution in [0, 0.1) is 11.3 Å². The second-order valence-electron chi connectivity index (χ2n) is 3.94. The highest BCUT2D eigenvalue weighted by Gasteiger charge is 2.02. The SMILES string of the molecule is N#Cc1cccc(-c2cnc3ccccc3c2)n1. The quantitative estimate of drug-likeness (QED) is 0.646. The third-order valence-electron chi connectivity index (χ3n) is 2.75. The van der Waals surface area contributed by atoms with Gasteiger partial charge in [-0.3, -0.25) is 4.98 Å². The van der Waals surface area contributed by atoms with E-state index in [1.165, 1.54) is 0 Å². The molecule has 0 amide bonds. The van der Waals surface area contributed by atoms with Gasteiger partial charge in [0.15, 0.2) is 0 Å². The Morgan fingerprint density at radius 3 is 2.78 bits per heavy atom. The maximum Gasteiger partial charge on any atom is 0.141 e. The van der Waals surface area contributed by atoms with Gasteiger partial charge in [0.25, 0.3) is 0 Å². The lowest BCUT2D eigenvalue weighted by Crippen LogP contribution is -1.88. The summed E-state index contributed by atoms with van der Waals surface area (Å²) in [7, 11) is 0. The number of nitrogens with zero attached hydrogens (tertiary/aromatic N) is 3. The molecule has 84 valence electrons. The monoisotopic (exact) mass is 231 g/mol. The maximum atomic E-state index is 8.85. The number of hydrogen-bond donors (Lipinski definition) is 0. The van der Waals surface area contributed by atoms with Gasteiger partial charge in [0.2, 0.25) is 0 Å². The molecule has 3 nitrogen and oxygen atoms in total. The fraction of sp³-hybridized carbons (Fsp3) is 0. The van der Waals surface area contributed by atoms with Crippen LogP contribution in [0.15, 0.2) is 54.7 Å². The lowest BCUT2D eigenvalue weighted by atomic mass is 10.1. The van der Waals surface area contributed by atoms with Crippen LogP contribution < -0.4 is 0 Å². The zero-order chi connectivity index (χ0) is 12.4. The highest BCUT2D eigenvalue weighted by Crippen LogP contribution is 2.20. The van der Waals surface area contributed by atoms with E-state index < -0.39 is 0 Å². The van der Waals surface area contributed by atoms with Crippen molar-refractivity contribution in [1.29, 1.82) is 5.26 Å². The Morgan fingerprint density at radius 1 is 1.00 bits per heavy atom. The molecule has 0 atom stereocenters. The van der Waals surface area contributed by atoms with E-state index in [4.69, 9.17) is 5.26 Å². The summed E-state index contributed by atoms with van der Waals surface area (Å²) >= 11 is 0. The summed E-state index contributed by atoms with van der Waals surface area (Å²) in [6, 6.07) is 17.4. The first kappa shape index (κ1) is 10.4. The summed E-state index contributed by atoms with van der Waals surface area (Å²) in [4.78, 5) is 8.66. The van der Waals surface area contributed by atoms with Crippen LogP contribution in [0.2, 0.25) is 0 Å². The third kappa shape index (κ3) is 1.80. The van der Waals surface area contributed by atoms with Gasteiger partial charge >= 0.3 is 0 Å². The molecule has 3 heteroatoms. The van der Waals surface area contributed by atoms with Gasteiger partial charge in [-0.2, -0.15) is 5.26 Å². The van der Waals surface area contributed by atoms with Crippen molar-refractivity contribution in [3.8, 4) is 17.3 Å². The molecule has 0 spiro atoms. The molecule has 0 fully saturated rings. The van der Waals surface area contributed by atoms with Gasteiger partial charge in [-0.25, -0.2) is 4.98 Å². The molecular weight excluding hydrogens is 222 g/mol. The number of fused-ring (bicyclic) bond motifs is 1. The molecule has 0 aliphatic carbocycles. The van der Waals surface area contributed by atoms with Crippen molar-refractivity contribution >= 4 is 10.9 Å². The molecule has 0 N–H and O–H groups in total. The van der Waals surface area contributed by atoms with Crippen LogP contribution in [-0.4, -0.2) is 9.97 Å². The van der Waals surface area contributed by atoms with Crippen molar-refractivity contribution in [2.75, 3.05) is 0 Å². The van der Waals surface area contributed by atoms with Gasteiger partial charge in [0.05, 0.1) is 11.2 Å². The van der Waals surface area contributed by atoms with E-state index in [1.807, 2.05) is 48.5 Å². The lowest BCUT2D eigenvalue weighted by molar-refractivity contribution is 1.26. The molecule has 0 saturated heterocycles. The lowest BCUT2D eigenvalue weighted by Gasteiger charge is -2.02. The first-order valence-corrected chi connectivity index (χ1v) is 5.59. The van der Waals surface area contributed by atoms with Crippen LogP contribution in [0.1, 0.15) is 5.69 Å². The summed E-state index contributed by atoms with van der Waals surface area (Å²) in [5.41, 5.74) is 3.07. The minimum absolute atomic E-state index is 0.417. The Kier molecular flexibility index (Phi) is 2.47. The second-order valence-corrected chi connectivity index (χ2v) is 3.94. The van der Waals surface area contributed by atoms with Crippen LogP contribution in [0.5, 0.6) is 0 Å². The molecule has 1 aromatic carbocycles. The van der Waals surface area contributed by atoms with Crippen LogP contribution in [-0.2, 0) is 0 Å². The van der Waals surface area contributed by atoms with E-state index in [-0.39, 0.29) is 0 Å². The zero-order valence-electron chi connectivity index (χ0n) is 9.54. The molecule has 0 aliphatic heterocycles. The fourth-order valence-electron chi connectivity index (χ4n) is 1.87. The van der Waals surface area contributed by atoms with Crippen LogP contribution in [0.25, 0.3) is 22.2 Å². The number of para-hydroxylation sites is 1. The van der Waals surface area contributed by atoms with Gasteiger partial charge in [0, 0.05) is 17.1 Å². The standard InChI is InChI=1S/C15H9N3/c16-9-13-5-3-7-15(18-13)12-8-11-4-1-2-6-14(11)17-10-12/h1-8,10H. The molecule has 2 aromatic heterocycles. The molecule has 0 radical (unpaired) electrons. The molecule has 0 bridgehead atoms. The number of hydrogen-bond acceptors (Lipinski definition) is 3. The molecule has 18 heavy (non-hydrogen) atoms. The molecule has 3 aromatic rings. The van der Waals surface area contributed by atoms with E-state index in [0.29, 0.717) is 5.69 Å². The van der Waals surface area contributed by atoms with Crippen molar-refractivity contribution in [3.05, 3.63) is 60.4 Å². The average molecular weight is 231 g/mol. The zero-order valence-corrected chi connectivity index (χ0v) is 9.54. The number of benzene rings is 1. The van der Waals surface area contributed by atoms with Crippen molar-refractivity contribution in [2.24, 2.45) is 0 Å². The third-order valence-corrected chi connectivity index (χ3v) is 2.75. The summed E-state index contributed by atoms with van der Waals surface area (Å²) in [5, 5.41) is 9.92. The smallest absolute Gasteiger partial charge is 0.141 e. The number of rotatable bonds is 1. The molecule has 0 aliphatic rings. The molecule has 3 rings (SSSR count). The van der Waals surface area contributed by atoms with Crippen molar-refractivity contribution in [1.82, 2.24) is 9.97 Å². The number of aromatic nitrogens is 2. The molecule has 2 heterocycles. The highest BCUT2D eigenvalue weighted by molar-refractivity contribution is 5.82. The van der Waals surface area contributed by atoms with E-state index in [1.54, 1.807) is 12.3 Å². The summed E-state index contributed by atoms with van der Waals surface area (Å²) in [6.45, 7) is 0. The number of nitriles is 1. The topological polar surface area (TPSA) is 49.6 Å². The Labute approximate surface area is 104 Å². The second kappa shape index (κ2) is 4.27. The maximum absolute atomic E-state index is 8.85. The van der Waals surface area contributed by atoms with Crippen LogP contribution in [0.3, 0.4) is 0 Å². The van der Waals surface area contributed by atoms with E-state index >= 15 is 0 Å². The van der Waals surface area contributed by atoms with Crippen molar-refractivity contribution < 1.29 is 0 Å². The first-order chi connectivity index (χ1) is 8.86. The Morgan fingerprint density at radius 2 is 1.89 bits per heavy atom. The van der Waals surface area contributed by atoms with Crippen LogP contribution in [0.4, 0.5) is 0 Å². The minimum atomic E-state index is 0.417.